The smallest absolute Gasteiger partial charge is 0.338 e. The Bertz CT molecular complexity index is 673. The summed E-state index contributed by atoms with van der Waals surface area (Å²) in [7, 11) is 0. The van der Waals surface area contributed by atoms with Crippen molar-refractivity contribution in [3.05, 3.63) is 41.2 Å². The third-order valence-electron chi connectivity index (χ3n) is 3.84. The third-order valence-corrected chi connectivity index (χ3v) is 3.84. The van der Waals surface area contributed by atoms with E-state index in [0.717, 1.165) is 30.5 Å². The van der Waals surface area contributed by atoms with Gasteiger partial charge in [-0.3, -0.25) is 4.79 Å². The Kier molecular flexibility index (Phi) is 5.62. The van der Waals surface area contributed by atoms with Crippen LogP contribution in [0.25, 0.3) is 5.69 Å². The van der Waals surface area contributed by atoms with Crippen LogP contribution < -0.4 is 0 Å². The fourth-order valence-electron chi connectivity index (χ4n) is 2.59. The van der Waals surface area contributed by atoms with Crippen LogP contribution in [0.3, 0.4) is 0 Å². The first kappa shape index (κ1) is 16.9. The van der Waals surface area contributed by atoms with E-state index in [1.807, 2.05) is 0 Å². The molecular weight excluding hydrogens is 294 g/mol. The van der Waals surface area contributed by atoms with Gasteiger partial charge < -0.3 is 4.74 Å². The van der Waals surface area contributed by atoms with Crippen LogP contribution in [0.4, 0.5) is 0 Å². The molecule has 0 aliphatic heterocycles. The van der Waals surface area contributed by atoms with Crippen LogP contribution in [0.1, 0.15) is 66.1 Å². The molecule has 1 heterocycles. The van der Waals surface area contributed by atoms with Gasteiger partial charge in [0.25, 0.3) is 0 Å². The Labute approximate surface area is 135 Å². The number of aldehydes is 1. The van der Waals surface area contributed by atoms with E-state index >= 15 is 0 Å². The molecular formula is C17H21N3O3. The van der Waals surface area contributed by atoms with Crippen molar-refractivity contribution in [2.45, 2.75) is 39.5 Å². The van der Waals surface area contributed by atoms with Gasteiger partial charge in [-0.1, -0.05) is 19.1 Å². The molecule has 0 spiro atoms. The van der Waals surface area contributed by atoms with E-state index in [9.17, 15) is 9.59 Å². The predicted molar refractivity (Wildman–Crippen MR) is 86.0 cm³/mol. The van der Waals surface area contributed by atoms with Gasteiger partial charge in [0, 0.05) is 5.92 Å². The number of esters is 1. The lowest BCUT2D eigenvalue weighted by atomic mass is 9.97. The number of benzene rings is 1. The first-order valence-corrected chi connectivity index (χ1v) is 7.84. The molecule has 6 heteroatoms. The molecule has 122 valence electrons. The number of hydrogen-bond acceptors (Lipinski definition) is 5. The molecule has 0 saturated carbocycles. The Hall–Kier alpha value is -2.50. The predicted octanol–water partition coefficient (Wildman–Crippen LogP) is 3.16. The average Bonchev–Trinajstić information content (AvgIpc) is 3.00. The highest BCUT2D eigenvalue weighted by Gasteiger charge is 2.21. The van der Waals surface area contributed by atoms with Gasteiger partial charge in [0.1, 0.15) is 5.69 Å². The molecule has 2 rings (SSSR count). The lowest BCUT2D eigenvalue weighted by Gasteiger charge is -2.15. The van der Waals surface area contributed by atoms with Crippen molar-refractivity contribution in [3.8, 4) is 5.69 Å². The quantitative estimate of drug-likeness (QED) is 0.579. The number of aromatic nitrogens is 3. The Morgan fingerprint density at radius 3 is 2.39 bits per heavy atom. The Balaban J connectivity index is 2.40. The maximum Gasteiger partial charge on any atom is 0.338 e. The summed E-state index contributed by atoms with van der Waals surface area (Å²) in [6.45, 7) is 6.25. The van der Waals surface area contributed by atoms with Crippen molar-refractivity contribution in [2.75, 3.05) is 6.61 Å². The maximum absolute atomic E-state index is 11.7. The number of nitrogens with zero attached hydrogens (tertiary/aromatic N) is 3. The van der Waals surface area contributed by atoms with Crippen LogP contribution in [0, 0.1) is 0 Å². The number of rotatable bonds is 7. The van der Waals surface area contributed by atoms with E-state index in [-0.39, 0.29) is 11.9 Å². The summed E-state index contributed by atoms with van der Waals surface area (Å²) >= 11 is 0. The van der Waals surface area contributed by atoms with Crippen LogP contribution in [-0.2, 0) is 4.74 Å². The summed E-state index contributed by atoms with van der Waals surface area (Å²) in [5.74, 6) is -0.152. The zero-order valence-electron chi connectivity index (χ0n) is 13.7. The first-order chi connectivity index (χ1) is 11.2. The van der Waals surface area contributed by atoms with Crippen LogP contribution in [-0.4, -0.2) is 33.9 Å². The molecule has 0 atom stereocenters. The van der Waals surface area contributed by atoms with Gasteiger partial charge in [-0.15, -0.1) is 5.10 Å². The molecule has 6 nitrogen and oxygen atoms in total. The SMILES string of the molecule is CCOC(=O)c1ccc(-n2nnc(C=O)c2C(CC)CC)cc1. The highest BCUT2D eigenvalue weighted by Crippen LogP contribution is 2.26. The number of hydrogen-bond donors (Lipinski definition) is 0. The van der Waals surface area contributed by atoms with E-state index in [1.54, 1.807) is 35.9 Å². The summed E-state index contributed by atoms with van der Waals surface area (Å²) in [6, 6.07) is 6.93. The van der Waals surface area contributed by atoms with Crippen LogP contribution >= 0.6 is 0 Å². The second-order valence-electron chi connectivity index (χ2n) is 5.17. The van der Waals surface area contributed by atoms with Crippen molar-refractivity contribution < 1.29 is 14.3 Å². The number of carbonyl (C=O) groups excluding carboxylic acids is 2. The fourth-order valence-corrected chi connectivity index (χ4v) is 2.59. The molecule has 0 bridgehead atoms. The lowest BCUT2D eigenvalue weighted by Crippen LogP contribution is -2.09. The highest BCUT2D eigenvalue weighted by molar-refractivity contribution is 5.89. The van der Waals surface area contributed by atoms with Gasteiger partial charge in [0.05, 0.1) is 23.6 Å². The topological polar surface area (TPSA) is 74.1 Å². The second-order valence-corrected chi connectivity index (χ2v) is 5.17. The summed E-state index contributed by atoms with van der Waals surface area (Å²) in [6.07, 6.45) is 2.53. The van der Waals surface area contributed by atoms with Gasteiger partial charge in [0.2, 0.25) is 0 Å². The van der Waals surface area contributed by atoms with Crippen molar-refractivity contribution >= 4 is 12.3 Å². The van der Waals surface area contributed by atoms with Crippen LogP contribution in [0.15, 0.2) is 24.3 Å². The maximum atomic E-state index is 11.7. The normalized spacial score (nSPS) is 10.8. The number of ether oxygens (including phenoxy) is 1. The largest absolute Gasteiger partial charge is 0.462 e. The van der Waals surface area contributed by atoms with E-state index in [1.165, 1.54) is 0 Å². The zero-order chi connectivity index (χ0) is 16.8. The van der Waals surface area contributed by atoms with Gasteiger partial charge in [-0.25, -0.2) is 9.48 Å². The summed E-state index contributed by atoms with van der Waals surface area (Å²) < 4.78 is 6.65. The lowest BCUT2D eigenvalue weighted by molar-refractivity contribution is 0.0526. The van der Waals surface area contributed by atoms with Crippen molar-refractivity contribution in [3.63, 3.8) is 0 Å². The summed E-state index contributed by atoms with van der Waals surface area (Å²) in [4.78, 5) is 23.0. The molecule has 1 aromatic heterocycles. The van der Waals surface area contributed by atoms with E-state index in [4.69, 9.17) is 4.74 Å². The summed E-state index contributed by atoms with van der Waals surface area (Å²) in [5, 5.41) is 8.07. The Morgan fingerprint density at radius 2 is 1.87 bits per heavy atom. The molecule has 0 N–H and O–H groups in total. The molecule has 0 amide bonds. The minimum Gasteiger partial charge on any atom is -0.462 e. The second kappa shape index (κ2) is 7.67. The van der Waals surface area contributed by atoms with Gasteiger partial charge in [-0.2, -0.15) is 0 Å². The monoisotopic (exact) mass is 315 g/mol. The minimum absolute atomic E-state index is 0.204. The molecule has 2 aromatic rings. The Morgan fingerprint density at radius 1 is 1.22 bits per heavy atom. The van der Waals surface area contributed by atoms with Gasteiger partial charge in [-0.05, 0) is 44.0 Å². The third kappa shape index (κ3) is 3.47. The molecule has 0 fully saturated rings. The van der Waals surface area contributed by atoms with Crippen molar-refractivity contribution in [2.24, 2.45) is 0 Å². The molecule has 0 unspecified atom stereocenters. The van der Waals surface area contributed by atoms with Crippen LogP contribution in [0.5, 0.6) is 0 Å². The molecule has 23 heavy (non-hydrogen) atoms. The van der Waals surface area contributed by atoms with Crippen molar-refractivity contribution in [1.82, 2.24) is 15.0 Å². The fraction of sp³-hybridized carbons (Fsp3) is 0.412. The molecule has 0 radical (unpaired) electrons. The highest BCUT2D eigenvalue weighted by atomic mass is 16.5. The standard InChI is InChI=1S/C17H21N3O3/c1-4-12(5-2)16-15(11-21)18-19-20(16)14-9-7-13(8-10-14)17(22)23-6-3/h7-12H,4-6H2,1-3H3. The summed E-state index contributed by atoms with van der Waals surface area (Å²) in [5.41, 5.74) is 2.43. The van der Waals surface area contributed by atoms with Crippen molar-refractivity contribution in [1.29, 1.82) is 0 Å². The van der Waals surface area contributed by atoms with E-state index in [0.29, 0.717) is 17.9 Å². The van der Waals surface area contributed by atoms with Gasteiger partial charge in [0.15, 0.2) is 6.29 Å². The molecule has 0 saturated heterocycles. The van der Waals surface area contributed by atoms with Crippen LogP contribution in [0.2, 0.25) is 0 Å². The first-order valence-electron chi connectivity index (χ1n) is 7.84. The molecule has 0 aliphatic rings. The number of carbonyl (C=O) groups is 2. The van der Waals surface area contributed by atoms with E-state index in [2.05, 4.69) is 24.2 Å². The van der Waals surface area contributed by atoms with E-state index < -0.39 is 0 Å². The van der Waals surface area contributed by atoms with Gasteiger partial charge >= 0.3 is 5.97 Å². The average molecular weight is 315 g/mol. The molecule has 1 aromatic carbocycles. The minimum atomic E-state index is -0.355. The molecule has 0 aliphatic carbocycles. The zero-order valence-corrected chi connectivity index (χ0v) is 13.7.